The van der Waals surface area contributed by atoms with Gasteiger partial charge in [-0.15, -0.1) is 0 Å². The van der Waals surface area contributed by atoms with Crippen molar-refractivity contribution in [3.05, 3.63) is 22.6 Å². The molecule has 0 spiro atoms. The van der Waals surface area contributed by atoms with Crippen molar-refractivity contribution < 1.29 is 14.3 Å². The Morgan fingerprint density at radius 1 is 1.47 bits per heavy atom. The molecular weight excluding hydrogens is 226 g/mol. The molecule has 2 amide bonds. The predicted molar refractivity (Wildman–Crippen MR) is 56.5 cm³/mol. The Morgan fingerprint density at radius 2 is 2.24 bits per heavy atom. The van der Waals surface area contributed by atoms with E-state index in [-0.39, 0.29) is 18.7 Å². The summed E-state index contributed by atoms with van der Waals surface area (Å²) < 4.78 is 5.91. The summed E-state index contributed by atoms with van der Waals surface area (Å²) in [6, 6.07) is 0.516. The first kappa shape index (κ1) is 11.3. The highest BCUT2D eigenvalue weighted by molar-refractivity contribution is 5.99. The van der Waals surface area contributed by atoms with E-state index in [0.717, 1.165) is 4.68 Å². The first-order valence-electron chi connectivity index (χ1n) is 5.08. The normalized spacial score (nSPS) is 19.9. The number of carbonyl (C=O) groups is 2. The number of amides is 2. The highest BCUT2D eigenvalue weighted by Gasteiger charge is 2.29. The van der Waals surface area contributed by atoms with Gasteiger partial charge >= 0.3 is 0 Å². The first-order chi connectivity index (χ1) is 8.11. The molecule has 7 nitrogen and oxygen atoms in total. The minimum absolute atomic E-state index is 0.205. The molecule has 0 bridgehead atoms. The third-order valence-electron chi connectivity index (χ3n) is 2.54. The van der Waals surface area contributed by atoms with Crippen LogP contribution in [-0.2, 0) is 9.59 Å². The predicted octanol–water partition coefficient (Wildman–Crippen LogP) is -0.770. The summed E-state index contributed by atoms with van der Waals surface area (Å²) in [6.45, 7) is 0. The quantitative estimate of drug-likeness (QED) is 0.682. The maximum absolute atomic E-state index is 11.7. The van der Waals surface area contributed by atoms with Crippen LogP contribution < -0.4 is 15.6 Å². The van der Waals surface area contributed by atoms with E-state index >= 15 is 0 Å². The smallest absolute Gasteiger partial charge is 0.271 e. The van der Waals surface area contributed by atoms with E-state index in [4.69, 9.17) is 4.74 Å². The lowest BCUT2D eigenvalue weighted by molar-refractivity contribution is -0.136. The number of hydrogen-bond acceptors (Lipinski definition) is 5. The van der Waals surface area contributed by atoms with Gasteiger partial charge in [0.25, 0.3) is 11.5 Å². The monoisotopic (exact) mass is 237 g/mol. The lowest BCUT2D eigenvalue weighted by Crippen LogP contribution is -2.45. The fourth-order valence-corrected chi connectivity index (χ4v) is 1.66. The summed E-state index contributed by atoms with van der Waals surface area (Å²) in [4.78, 5) is 34.2. The van der Waals surface area contributed by atoms with Crippen LogP contribution in [0, 0.1) is 0 Å². The van der Waals surface area contributed by atoms with Crippen molar-refractivity contribution in [3.8, 4) is 5.75 Å². The first-order valence-corrected chi connectivity index (χ1v) is 5.08. The van der Waals surface area contributed by atoms with Crippen molar-refractivity contribution in [3.63, 3.8) is 0 Å². The molecule has 17 heavy (non-hydrogen) atoms. The van der Waals surface area contributed by atoms with Crippen LogP contribution in [0.5, 0.6) is 5.75 Å². The van der Waals surface area contributed by atoms with E-state index in [1.54, 1.807) is 0 Å². The zero-order valence-corrected chi connectivity index (χ0v) is 9.17. The van der Waals surface area contributed by atoms with Crippen LogP contribution in [0.3, 0.4) is 0 Å². The number of methoxy groups -OCH3 is 1. The molecule has 7 heteroatoms. The average Bonchev–Trinajstić information content (AvgIpc) is 2.30. The second-order valence-corrected chi connectivity index (χ2v) is 3.65. The summed E-state index contributed by atoms with van der Waals surface area (Å²) >= 11 is 0. The van der Waals surface area contributed by atoms with Gasteiger partial charge in [-0.3, -0.25) is 19.7 Å². The molecule has 1 N–H and O–H groups in total. The van der Waals surface area contributed by atoms with Crippen LogP contribution in [0.1, 0.15) is 18.9 Å². The maximum atomic E-state index is 11.7. The number of imide groups is 1. The number of carbonyl (C=O) groups excluding carboxylic acids is 2. The second-order valence-electron chi connectivity index (χ2n) is 3.65. The molecule has 1 aliphatic rings. The van der Waals surface area contributed by atoms with Gasteiger partial charge in [-0.1, -0.05) is 0 Å². The maximum Gasteiger partial charge on any atom is 0.271 e. The van der Waals surface area contributed by atoms with Gasteiger partial charge in [0.1, 0.15) is 11.8 Å². The van der Waals surface area contributed by atoms with Crippen molar-refractivity contribution in [2.24, 2.45) is 0 Å². The molecule has 1 fully saturated rings. The van der Waals surface area contributed by atoms with E-state index in [1.165, 1.54) is 19.4 Å². The minimum Gasteiger partial charge on any atom is -0.495 e. The highest BCUT2D eigenvalue weighted by Crippen LogP contribution is 2.16. The Morgan fingerprint density at radius 3 is 2.82 bits per heavy atom. The number of aromatic nitrogens is 2. The molecule has 0 saturated carbocycles. The lowest BCUT2D eigenvalue weighted by atomic mass is 10.1. The fourth-order valence-electron chi connectivity index (χ4n) is 1.66. The van der Waals surface area contributed by atoms with Crippen molar-refractivity contribution in [1.82, 2.24) is 15.1 Å². The summed E-state index contributed by atoms with van der Waals surface area (Å²) in [7, 11) is 1.42. The summed E-state index contributed by atoms with van der Waals surface area (Å²) in [5, 5.41) is 6.03. The van der Waals surface area contributed by atoms with Crippen molar-refractivity contribution >= 4 is 11.8 Å². The average molecular weight is 237 g/mol. The molecule has 1 unspecified atom stereocenters. The fraction of sp³-hybridized carbons (Fsp3) is 0.400. The number of nitrogens with one attached hydrogen (secondary N) is 1. The van der Waals surface area contributed by atoms with Gasteiger partial charge in [0.15, 0.2) is 0 Å². The summed E-state index contributed by atoms with van der Waals surface area (Å²) in [5.74, 6) is -0.493. The minimum atomic E-state index is -0.730. The van der Waals surface area contributed by atoms with Gasteiger partial charge in [0.2, 0.25) is 5.91 Å². The van der Waals surface area contributed by atoms with Crippen LogP contribution >= 0.6 is 0 Å². The van der Waals surface area contributed by atoms with Crippen LogP contribution in [0.4, 0.5) is 0 Å². The molecule has 0 aliphatic carbocycles. The van der Waals surface area contributed by atoms with Crippen molar-refractivity contribution in [2.45, 2.75) is 18.9 Å². The number of nitrogens with zero attached hydrogens (tertiary/aromatic N) is 2. The zero-order valence-electron chi connectivity index (χ0n) is 9.17. The Balaban J connectivity index is 2.31. The third kappa shape index (κ3) is 2.17. The molecule has 1 atom stereocenters. The third-order valence-corrected chi connectivity index (χ3v) is 2.54. The van der Waals surface area contributed by atoms with Gasteiger partial charge in [0, 0.05) is 12.5 Å². The van der Waals surface area contributed by atoms with Crippen LogP contribution in [-0.4, -0.2) is 28.7 Å². The second kappa shape index (κ2) is 4.36. The largest absolute Gasteiger partial charge is 0.495 e. The molecule has 1 aromatic heterocycles. The van der Waals surface area contributed by atoms with E-state index in [1.807, 2.05) is 0 Å². The molecule has 1 aromatic rings. The van der Waals surface area contributed by atoms with Gasteiger partial charge in [0.05, 0.1) is 13.3 Å². The Labute approximate surface area is 96.4 Å². The number of ether oxygens (including phenoxy) is 1. The number of hydrogen-bond donors (Lipinski definition) is 1. The van der Waals surface area contributed by atoms with Gasteiger partial charge in [-0.25, -0.2) is 4.68 Å². The standard InChI is InChI=1S/C10H11N3O4/c1-17-6-4-9(15)13(11-5-6)7-2-3-8(14)12-10(7)16/h4-5,7H,2-3H2,1H3,(H,12,14,16). The molecule has 1 aliphatic heterocycles. The molecule has 1 saturated heterocycles. The highest BCUT2D eigenvalue weighted by atomic mass is 16.5. The molecular formula is C10H11N3O4. The molecule has 2 rings (SSSR count). The Hall–Kier alpha value is -2.18. The van der Waals surface area contributed by atoms with Crippen LogP contribution in [0.2, 0.25) is 0 Å². The van der Waals surface area contributed by atoms with Crippen LogP contribution in [0.25, 0.3) is 0 Å². The van der Waals surface area contributed by atoms with E-state index < -0.39 is 17.5 Å². The van der Waals surface area contributed by atoms with Gasteiger partial charge in [-0.05, 0) is 6.42 Å². The van der Waals surface area contributed by atoms with Crippen LogP contribution in [0.15, 0.2) is 17.1 Å². The molecule has 0 aromatic carbocycles. The lowest BCUT2D eigenvalue weighted by Gasteiger charge is -2.21. The van der Waals surface area contributed by atoms with Gasteiger partial charge < -0.3 is 4.74 Å². The number of rotatable bonds is 2. The van der Waals surface area contributed by atoms with E-state index in [9.17, 15) is 14.4 Å². The van der Waals surface area contributed by atoms with E-state index in [0.29, 0.717) is 5.75 Å². The SMILES string of the molecule is COc1cnn(C2CCC(=O)NC2=O)c(=O)c1. The van der Waals surface area contributed by atoms with Crippen molar-refractivity contribution in [1.29, 1.82) is 0 Å². The summed E-state index contributed by atoms with van der Waals surface area (Å²) in [6.07, 6.45) is 1.84. The van der Waals surface area contributed by atoms with Crippen molar-refractivity contribution in [2.75, 3.05) is 7.11 Å². The Kier molecular flexibility index (Phi) is 2.90. The molecule has 90 valence electrons. The zero-order chi connectivity index (χ0) is 12.4. The number of piperidine rings is 1. The molecule has 2 heterocycles. The topological polar surface area (TPSA) is 90.3 Å². The van der Waals surface area contributed by atoms with E-state index in [2.05, 4.69) is 10.4 Å². The van der Waals surface area contributed by atoms with Gasteiger partial charge in [-0.2, -0.15) is 5.10 Å². The Bertz CT molecular complexity index is 523. The summed E-state index contributed by atoms with van der Waals surface area (Å²) in [5.41, 5.74) is -0.432. The molecule has 0 radical (unpaired) electrons.